The van der Waals surface area contributed by atoms with Gasteiger partial charge in [-0.1, -0.05) is 6.07 Å². The molecule has 3 nitrogen and oxygen atoms in total. The third-order valence-electron chi connectivity index (χ3n) is 5.07. The molecule has 0 aliphatic heterocycles. The Balaban J connectivity index is 2.00. The number of alkyl halides is 3. The van der Waals surface area contributed by atoms with Gasteiger partial charge in [-0.25, -0.2) is 5.43 Å². The maximum atomic E-state index is 12.8. The Morgan fingerprint density at radius 3 is 2.04 bits per heavy atom. The molecule has 0 saturated carbocycles. The molecule has 0 saturated heterocycles. The minimum absolute atomic E-state index is 0.199. The Morgan fingerprint density at radius 2 is 1.48 bits per heavy atom. The van der Waals surface area contributed by atoms with E-state index in [1.807, 2.05) is 0 Å². The van der Waals surface area contributed by atoms with Crippen LogP contribution < -0.4 is 16.2 Å². The number of thiocarbonyl (C=S) groups is 1. The first-order valence-corrected chi connectivity index (χ1v) is 8.96. The van der Waals surface area contributed by atoms with Crippen LogP contribution in [0.5, 0.6) is 0 Å². The van der Waals surface area contributed by atoms with Gasteiger partial charge in [-0.15, -0.1) is 0 Å². The molecule has 0 heterocycles. The molecule has 0 bridgehead atoms. The highest BCUT2D eigenvalue weighted by molar-refractivity contribution is 7.80. The van der Waals surface area contributed by atoms with E-state index in [0.717, 1.165) is 12.1 Å². The summed E-state index contributed by atoms with van der Waals surface area (Å²) in [6.45, 7) is 11.1. The molecule has 0 fully saturated rings. The average molecular weight is 395 g/mol. The third kappa shape index (κ3) is 4.99. The lowest BCUT2D eigenvalue weighted by atomic mass is 9.90. The summed E-state index contributed by atoms with van der Waals surface area (Å²) in [5.41, 5.74) is 12.9. The van der Waals surface area contributed by atoms with Crippen molar-refractivity contribution in [2.45, 2.75) is 47.3 Å². The molecular weight excluding hydrogens is 371 g/mol. The van der Waals surface area contributed by atoms with Gasteiger partial charge in [-0.05, 0) is 98.4 Å². The Hall–Kier alpha value is -2.12. The van der Waals surface area contributed by atoms with Crippen molar-refractivity contribution in [2.24, 2.45) is 0 Å². The third-order valence-corrected chi connectivity index (χ3v) is 5.27. The molecule has 7 heteroatoms. The standard InChI is InChI=1S/C20H24F3N3S/c1-11-12(2)14(4)18(15(5)13(11)3)10-24-26-19(27)25-17-8-6-7-16(9-17)20(21,22)23/h6-9,24H,10H2,1-5H3,(H2,25,26,27). The number of rotatable bonds is 4. The van der Waals surface area contributed by atoms with Crippen molar-refractivity contribution in [1.29, 1.82) is 0 Å². The van der Waals surface area contributed by atoms with Crippen LogP contribution in [-0.4, -0.2) is 5.11 Å². The van der Waals surface area contributed by atoms with Crippen LogP contribution in [0.25, 0.3) is 0 Å². The predicted octanol–water partition coefficient (Wildman–Crippen LogP) is 5.24. The monoisotopic (exact) mass is 395 g/mol. The molecule has 0 radical (unpaired) electrons. The number of benzene rings is 2. The van der Waals surface area contributed by atoms with E-state index in [-0.39, 0.29) is 10.8 Å². The Labute approximate surface area is 163 Å². The predicted molar refractivity (Wildman–Crippen MR) is 108 cm³/mol. The van der Waals surface area contributed by atoms with Crippen LogP contribution in [0.1, 0.15) is 38.9 Å². The fourth-order valence-corrected chi connectivity index (χ4v) is 3.18. The SMILES string of the molecule is Cc1c(C)c(C)c(CNNC(=S)Nc2cccc(C(F)(F)F)c2)c(C)c1C. The number of nitrogens with one attached hydrogen (secondary N) is 3. The van der Waals surface area contributed by atoms with Crippen molar-refractivity contribution in [3.05, 3.63) is 63.2 Å². The van der Waals surface area contributed by atoms with Gasteiger partial charge in [-0.3, -0.25) is 5.43 Å². The van der Waals surface area contributed by atoms with E-state index in [4.69, 9.17) is 12.2 Å². The molecule has 27 heavy (non-hydrogen) atoms. The van der Waals surface area contributed by atoms with E-state index >= 15 is 0 Å². The number of hydrogen-bond donors (Lipinski definition) is 3. The minimum Gasteiger partial charge on any atom is -0.332 e. The lowest BCUT2D eigenvalue weighted by Crippen LogP contribution is -2.40. The molecular formula is C20H24F3N3S. The summed E-state index contributed by atoms with van der Waals surface area (Å²) in [6, 6.07) is 4.92. The van der Waals surface area contributed by atoms with E-state index in [2.05, 4.69) is 50.8 Å². The summed E-state index contributed by atoms with van der Waals surface area (Å²) >= 11 is 5.16. The molecule has 2 aromatic rings. The zero-order chi connectivity index (χ0) is 20.4. The van der Waals surface area contributed by atoms with E-state index < -0.39 is 11.7 Å². The average Bonchev–Trinajstić information content (AvgIpc) is 2.60. The molecule has 0 aliphatic rings. The van der Waals surface area contributed by atoms with Crippen LogP contribution in [0.3, 0.4) is 0 Å². The molecule has 2 rings (SSSR count). The van der Waals surface area contributed by atoms with Crippen molar-refractivity contribution in [3.8, 4) is 0 Å². The number of anilines is 1. The van der Waals surface area contributed by atoms with Gasteiger partial charge < -0.3 is 5.32 Å². The van der Waals surface area contributed by atoms with Crippen LogP contribution in [0.2, 0.25) is 0 Å². The van der Waals surface area contributed by atoms with Crippen LogP contribution in [0.15, 0.2) is 24.3 Å². The highest BCUT2D eigenvalue weighted by Crippen LogP contribution is 2.30. The first kappa shape index (κ1) is 21.2. The maximum absolute atomic E-state index is 12.8. The lowest BCUT2D eigenvalue weighted by Gasteiger charge is -2.20. The number of hydrazine groups is 1. The first-order valence-electron chi connectivity index (χ1n) is 8.55. The second kappa shape index (κ2) is 8.27. The van der Waals surface area contributed by atoms with Gasteiger partial charge in [0.15, 0.2) is 5.11 Å². The Bertz CT molecular complexity index is 831. The summed E-state index contributed by atoms with van der Waals surface area (Å²) in [6.07, 6.45) is -4.39. The zero-order valence-corrected chi connectivity index (χ0v) is 16.9. The zero-order valence-electron chi connectivity index (χ0n) is 16.1. The van der Waals surface area contributed by atoms with Crippen LogP contribution in [-0.2, 0) is 12.7 Å². The normalized spacial score (nSPS) is 11.4. The minimum atomic E-state index is -4.39. The molecule has 3 N–H and O–H groups in total. The second-order valence-corrected chi connectivity index (χ2v) is 7.02. The second-order valence-electron chi connectivity index (χ2n) is 6.61. The Morgan fingerprint density at radius 1 is 0.926 bits per heavy atom. The molecule has 0 spiro atoms. The lowest BCUT2D eigenvalue weighted by molar-refractivity contribution is -0.137. The molecule has 2 aromatic carbocycles. The summed E-state index contributed by atoms with van der Waals surface area (Å²) in [4.78, 5) is 0. The smallest absolute Gasteiger partial charge is 0.332 e. The van der Waals surface area contributed by atoms with Gasteiger partial charge in [0, 0.05) is 12.2 Å². The molecule has 0 unspecified atom stereocenters. The van der Waals surface area contributed by atoms with E-state index in [0.29, 0.717) is 6.54 Å². The van der Waals surface area contributed by atoms with Crippen molar-refractivity contribution in [3.63, 3.8) is 0 Å². The highest BCUT2D eigenvalue weighted by atomic mass is 32.1. The molecule has 0 atom stereocenters. The number of hydrogen-bond acceptors (Lipinski definition) is 2. The van der Waals surface area contributed by atoms with E-state index in [1.165, 1.54) is 45.5 Å². The number of halogens is 3. The topological polar surface area (TPSA) is 36.1 Å². The van der Waals surface area contributed by atoms with Crippen molar-refractivity contribution < 1.29 is 13.2 Å². The summed E-state index contributed by atoms with van der Waals surface area (Å²) in [7, 11) is 0. The van der Waals surface area contributed by atoms with Gasteiger partial charge in [0.2, 0.25) is 0 Å². The van der Waals surface area contributed by atoms with Gasteiger partial charge in [0.1, 0.15) is 0 Å². The van der Waals surface area contributed by atoms with Crippen molar-refractivity contribution >= 4 is 23.0 Å². The van der Waals surface area contributed by atoms with Crippen molar-refractivity contribution in [2.75, 3.05) is 5.32 Å². The van der Waals surface area contributed by atoms with Crippen LogP contribution >= 0.6 is 12.2 Å². The van der Waals surface area contributed by atoms with Gasteiger partial charge in [0.25, 0.3) is 0 Å². The Kier molecular flexibility index (Phi) is 6.49. The van der Waals surface area contributed by atoms with Gasteiger partial charge >= 0.3 is 6.18 Å². The summed E-state index contributed by atoms with van der Waals surface area (Å²) in [5.74, 6) is 0. The molecule has 0 aromatic heterocycles. The fraction of sp³-hybridized carbons (Fsp3) is 0.350. The van der Waals surface area contributed by atoms with E-state index in [9.17, 15) is 13.2 Å². The molecule has 146 valence electrons. The summed E-state index contributed by atoms with van der Waals surface area (Å²) < 4.78 is 38.3. The molecule has 0 aliphatic carbocycles. The quantitative estimate of drug-likeness (QED) is 0.489. The maximum Gasteiger partial charge on any atom is 0.416 e. The van der Waals surface area contributed by atoms with Crippen molar-refractivity contribution in [1.82, 2.24) is 10.9 Å². The van der Waals surface area contributed by atoms with Gasteiger partial charge in [0.05, 0.1) is 5.56 Å². The fourth-order valence-electron chi connectivity index (χ4n) is 2.99. The van der Waals surface area contributed by atoms with Gasteiger partial charge in [-0.2, -0.15) is 13.2 Å². The molecule has 0 amide bonds. The highest BCUT2D eigenvalue weighted by Gasteiger charge is 2.30. The first-order chi connectivity index (χ1) is 12.5. The van der Waals surface area contributed by atoms with Crippen LogP contribution in [0, 0.1) is 34.6 Å². The summed E-state index contributed by atoms with van der Waals surface area (Å²) in [5, 5.41) is 2.96. The van der Waals surface area contributed by atoms with E-state index in [1.54, 1.807) is 0 Å². The van der Waals surface area contributed by atoms with Crippen LogP contribution in [0.4, 0.5) is 18.9 Å². The largest absolute Gasteiger partial charge is 0.416 e.